The van der Waals surface area contributed by atoms with Crippen LogP contribution in [0.25, 0.3) is 11.1 Å². The highest BCUT2D eigenvalue weighted by molar-refractivity contribution is 7.83. The molecule has 0 amide bonds. The largest absolute Gasteiger partial charge is 0.440 e. The van der Waals surface area contributed by atoms with Crippen molar-refractivity contribution >= 4 is 27.6 Å². The number of anilines is 1. The molecule has 5 heteroatoms. The molecule has 0 aliphatic rings. The van der Waals surface area contributed by atoms with Gasteiger partial charge in [-0.25, -0.2) is 4.98 Å². The van der Waals surface area contributed by atoms with Gasteiger partial charge in [-0.3, -0.25) is 4.21 Å². The third-order valence-corrected chi connectivity index (χ3v) is 2.44. The highest BCUT2D eigenvalue weighted by Crippen LogP contribution is 2.18. The third-order valence-electron chi connectivity index (χ3n) is 1.78. The topological polar surface area (TPSA) is 69.1 Å². The maximum Gasteiger partial charge on any atom is 0.208 e. The Morgan fingerprint density at radius 3 is 3.07 bits per heavy atom. The Balaban J connectivity index is 2.46. The fourth-order valence-corrected chi connectivity index (χ4v) is 1.70. The van der Waals surface area contributed by atoms with E-state index in [1.54, 1.807) is 24.5 Å². The first-order valence-corrected chi connectivity index (χ1v) is 5.83. The summed E-state index contributed by atoms with van der Waals surface area (Å²) in [4.78, 5) is 4.17. The molecule has 0 bridgehead atoms. The molecule has 0 saturated heterocycles. The molecule has 0 spiro atoms. The Morgan fingerprint density at radius 2 is 2.36 bits per heavy atom. The summed E-state index contributed by atoms with van der Waals surface area (Å²) in [7, 11) is -0.936. The number of hydrogen-bond donors (Lipinski definition) is 1. The number of nitrogens with zero attached hydrogens (tertiary/aromatic N) is 1. The molecule has 0 radical (unpaired) electrons. The van der Waals surface area contributed by atoms with Gasteiger partial charge in [0.1, 0.15) is 5.52 Å². The lowest BCUT2D eigenvalue weighted by Crippen LogP contribution is -1.91. The molecule has 1 heterocycles. The molecule has 1 aromatic carbocycles. The fourth-order valence-electron chi connectivity index (χ4n) is 1.23. The molecule has 1 aromatic heterocycles. The van der Waals surface area contributed by atoms with Crippen LogP contribution in [0, 0.1) is 0 Å². The molecular formula is C9H10N2O2S. The van der Waals surface area contributed by atoms with Gasteiger partial charge in [0.2, 0.25) is 5.89 Å². The average Bonchev–Trinajstić information content (AvgIpc) is 2.44. The number of fused-ring (bicyclic) bond motifs is 1. The van der Waals surface area contributed by atoms with Crippen LogP contribution >= 0.6 is 0 Å². The normalized spacial score (nSPS) is 13.2. The predicted octanol–water partition coefficient (Wildman–Crippen LogP) is 1.29. The molecular weight excluding hydrogens is 200 g/mol. The van der Waals surface area contributed by atoms with Gasteiger partial charge in [0.25, 0.3) is 0 Å². The van der Waals surface area contributed by atoms with Gasteiger partial charge < -0.3 is 10.2 Å². The van der Waals surface area contributed by atoms with E-state index in [0.29, 0.717) is 28.4 Å². The number of rotatable bonds is 2. The molecule has 0 fully saturated rings. The van der Waals surface area contributed by atoms with Gasteiger partial charge in [-0.2, -0.15) is 0 Å². The van der Waals surface area contributed by atoms with E-state index in [4.69, 9.17) is 10.2 Å². The molecule has 4 nitrogen and oxygen atoms in total. The van der Waals surface area contributed by atoms with Gasteiger partial charge >= 0.3 is 0 Å². The van der Waals surface area contributed by atoms with Crippen LogP contribution in [0.3, 0.4) is 0 Å². The summed E-state index contributed by atoms with van der Waals surface area (Å²) in [5.74, 6) is 0.834. The predicted molar refractivity (Wildman–Crippen MR) is 56.2 cm³/mol. The van der Waals surface area contributed by atoms with Crippen molar-refractivity contribution in [3.05, 3.63) is 24.1 Å². The van der Waals surface area contributed by atoms with Gasteiger partial charge in [-0.05, 0) is 18.2 Å². The number of aromatic nitrogens is 1. The van der Waals surface area contributed by atoms with Crippen molar-refractivity contribution in [1.82, 2.24) is 4.98 Å². The summed E-state index contributed by atoms with van der Waals surface area (Å²) in [5.41, 5.74) is 7.63. The van der Waals surface area contributed by atoms with Crippen molar-refractivity contribution in [2.75, 3.05) is 12.0 Å². The maximum absolute atomic E-state index is 10.9. The van der Waals surface area contributed by atoms with Crippen molar-refractivity contribution in [2.24, 2.45) is 0 Å². The van der Waals surface area contributed by atoms with Crippen LogP contribution in [-0.2, 0) is 16.6 Å². The number of oxazole rings is 1. The van der Waals surface area contributed by atoms with Crippen LogP contribution in [-0.4, -0.2) is 15.4 Å². The first kappa shape index (κ1) is 9.21. The van der Waals surface area contributed by atoms with Gasteiger partial charge in [0, 0.05) is 22.7 Å². The highest BCUT2D eigenvalue weighted by atomic mass is 32.2. The zero-order valence-electron chi connectivity index (χ0n) is 7.69. The molecule has 1 unspecified atom stereocenters. The monoisotopic (exact) mass is 210 g/mol. The van der Waals surface area contributed by atoms with Crippen molar-refractivity contribution in [3.63, 3.8) is 0 Å². The van der Waals surface area contributed by atoms with E-state index in [1.807, 2.05) is 0 Å². The minimum atomic E-state index is -0.936. The summed E-state index contributed by atoms with van der Waals surface area (Å²) in [5, 5.41) is 0. The van der Waals surface area contributed by atoms with E-state index in [2.05, 4.69) is 4.98 Å². The van der Waals surface area contributed by atoms with Gasteiger partial charge in [-0.15, -0.1) is 0 Å². The minimum Gasteiger partial charge on any atom is -0.440 e. The smallest absolute Gasteiger partial charge is 0.208 e. The average molecular weight is 210 g/mol. The van der Waals surface area contributed by atoms with Gasteiger partial charge in [-0.1, -0.05) is 0 Å². The second-order valence-corrected chi connectivity index (χ2v) is 4.49. The second-order valence-electron chi connectivity index (χ2n) is 3.05. The van der Waals surface area contributed by atoms with Gasteiger partial charge in [0.05, 0.1) is 5.75 Å². The minimum absolute atomic E-state index is 0.342. The summed E-state index contributed by atoms with van der Waals surface area (Å²) >= 11 is 0. The number of nitrogen functional groups attached to an aromatic ring is 1. The van der Waals surface area contributed by atoms with Crippen molar-refractivity contribution < 1.29 is 8.63 Å². The van der Waals surface area contributed by atoms with Crippen LogP contribution in [0.4, 0.5) is 5.69 Å². The second kappa shape index (κ2) is 3.42. The number of nitrogens with two attached hydrogens (primary N) is 1. The Morgan fingerprint density at radius 1 is 1.57 bits per heavy atom. The lowest BCUT2D eigenvalue weighted by atomic mass is 10.3. The molecule has 1 atom stereocenters. The van der Waals surface area contributed by atoms with Crippen molar-refractivity contribution in [2.45, 2.75) is 5.75 Å². The first-order valence-electron chi connectivity index (χ1n) is 4.10. The molecule has 0 aliphatic heterocycles. The summed E-state index contributed by atoms with van der Waals surface area (Å²) in [6.45, 7) is 0. The fraction of sp³-hybridized carbons (Fsp3) is 0.222. The van der Waals surface area contributed by atoms with E-state index in [-0.39, 0.29) is 0 Å². The molecule has 2 N–H and O–H groups in total. The standard InChI is InChI=1S/C9H10N2O2S/c1-14(12)5-9-11-7-4-6(10)2-3-8(7)13-9/h2-4H,5,10H2,1H3. The molecule has 2 rings (SSSR count). The van der Waals surface area contributed by atoms with Crippen molar-refractivity contribution in [3.8, 4) is 0 Å². The molecule has 2 aromatic rings. The Hall–Kier alpha value is -1.36. The zero-order valence-corrected chi connectivity index (χ0v) is 8.50. The quantitative estimate of drug-likeness (QED) is 0.758. The van der Waals surface area contributed by atoms with Crippen LogP contribution in [0.1, 0.15) is 5.89 Å². The van der Waals surface area contributed by atoms with Crippen LogP contribution < -0.4 is 5.73 Å². The van der Waals surface area contributed by atoms with E-state index in [0.717, 1.165) is 0 Å². The third kappa shape index (κ3) is 1.77. The number of hydrogen-bond acceptors (Lipinski definition) is 4. The van der Waals surface area contributed by atoms with E-state index >= 15 is 0 Å². The molecule has 0 saturated carbocycles. The molecule has 0 aliphatic carbocycles. The van der Waals surface area contributed by atoms with Crippen LogP contribution in [0.5, 0.6) is 0 Å². The Labute approximate surface area is 83.6 Å². The Bertz CT molecular complexity index is 493. The molecule has 14 heavy (non-hydrogen) atoms. The van der Waals surface area contributed by atoms with Gasteiger partial charge in [0.15, 0.2) is 5.58 Å². The lowest BCUT2D eigenvalue weighted by molar-refractivity contribution is 0.553. The lowest BCUT2D eigenvalue weighted by Gasteiger charge is -1.88. The summed E-state index contributed by atoms with van der Waals surface area (Å²) in [6, 6.07) is 5.25. The van der Waals surface area contributed by atoms with E-state index in [1.165, 1.54) is 0 Å². The SMILES string of the molecule is CS(=O)Cc1nc2cc(N)ccc2o1. The summed E-state index contributed by atoms with van der Waals surface area (Å²) < 4.78 is 16.3. The van der Waals surface area contributed by atoms with Crippen molar-refractivity contribution in [1.29, 1.82) is 0 Å². The maximum atomic E-state index is 10.9. The van der Waals surface area contributed by atoms with Crippen LogP contribution in [0.15, 0.2) is 22.6 Å². The number of benzene rings is 1. The van der Waals surface area contributed by atoms with E-state index in [9.17, 15) is 4.21 Å². The highest BCUT2D eigenvalue weighted by Gasteiger charge is 2.06. The Kier molecular flexibility index (Phi) is 2.25. The van der Waals surface area contributed by atoms with Crippen LogP contribution in [0.2, 0.25) is 0 Å². The summed E-state index contributed by atoms with van der Waals surface area (Å²) in [6.07, 6.45) is 1.61. The first-order chi connectivity index (χ1) is 6.65. The molecule has 74 valence electrons. The van der Waals surface area contributed by atoms with E-state index < -0.39 is 10.8 Å². The zero-order chi connectivity index (χ0) is 10.1.